The maximum atomic E-state index is 13.6. The Hall–Kier alpha value is -3.43. The Bertz CT molecular complexity index is 1050. The topological polar surface area (TPSA) is 104 Å². The summed E-state index contributed by atoms with van der Waals surface area (Å²) in [7, 11) is 1.54. The number of hydrogen-bond acceptors (Lipinski definition) is 5. The Kier molecular flexibility index (Phi) is 7.35. The second kappa shape index (κ2) is 10.0. The molecular weight excluding hydrogens is 432 g/mol. The van der Waals surface area contributed by atoms with Gasteiger partial charge >= 0.3 is 0 Å². The number of aliphatic hydroxyl groups is 1. The summed E-state index contributed by atoms with van der Waals surface area (Å²) in [6.07, 6.45) is 1.04. The third kappa shape index (κ3) is 5.32. The molecule has 3 N–H and O–H groups in total. The number of imide groups is 1. The van der Waals surface area contributed by atoms with Gasteiger partial charge in [0.2, 0.25) is 11.8 Å². The second-order valence-electron chi connectivity index (χ2n) is 8.01. The largest absolute Gasteiger partial charge is 0.378 e. The molecule has 0 unspecified atom stereocenters. The number of carbonyl (C=O) groups excluding carboxylic acids is 3. The van der Waals surface area contributed by atoms with Crippen LogP contribution >= 0.6 is 0 Å². The number of likely N-dealkylation sites (N-methyl/N-ethyl adjacent to an activating group) is 1. The van der Waals surface area contributed by atoms with Crippen molar-refractivity contribution in [2.45, 2.75) is 31.0 Å². The Morgan fingerprint density at radius 1 is 1.09 bits per heavy atom. The molecule has 0 spiro atoms. The third-order valence-electron chi connectivity index (χ3n) is 5.43. The first kappa shape index (κ1) is 24.2. The van der Waals surface area contributed by atoms with Crippen LogP contribution in [-0.2, 0) is 14.4 Å². The van der Waals surface area contributed by atoms with Gasteiger partial charge in [-0.25, -0.2) is 8.78 Å². The van der Waals surface area contributed by atoms with E-state index in [0.717, 1.165) is 17.7 Å². The van der Waals surface area contributed by atoms with Gasteiger partial charge in [0.1, 0.15) is 17.7 Å². The van der Waals surface area contributed by atoms with Gasteiger partial charge in [-0.05, 0) is 30.2 Å². The van der Waals surface area contributed by atoms with E-state index < -0.39 is 47.5 Å². The van der Waals surface area contributed by atoms with Crippen molar-refractivity contribution in [3.63, 3.8) is 0 Å². The summed E-state index contributed by atoms with van der Waals surface area (Å²) < 4.78 is 27.3. The Labute approximate surface area is 190 Å². The van der Waals surface area contributed by atoms with Gasteiger partial charge in [-0.15, -0.1) is 0 Å². The smallest absolute Gasteiger partial charge is 0.263 e. The average Bonchev–Trinajstić information content (AvgIpc) is 2.92. The van der Waals surface area contributed by atoms with Crippen molar-refractivity contribution in [3.05, 3.63) is 83.4 Å². The predicted octanol–water partition coefficient (Wildman–Crippen LogP) is 1.88. The molecule has 4 atom stereocenters. The number of hydrogen-bond donors (Lipinski definition) is 2. The number of aliphatic hydroxyl groups excluding tert-OH is 1. The van der Waals surface area contributed by atoms with Crippen LogP contribution in [0.5, 0.6) is 0 Å². The van der Waals surface area contributed by atoms with Gasteiger partial charge < -0.3 is 15.7 Å². The number of nitrogens with two attached hydrogens (primary N) is 1. The van der Waals surface area contributed by atoms with Crippen molar-refractivity contribution in [1.29, 1.82) is 0 Å². The molecule has 0 saturated heterocycles. The lowest BCUT2D eigenvalue weighted by Crippen LogP contribution is -2.56. The Balaban J connectivity index is 2.00. The van der Waals surface area contributed by atoms with Crippen molar-refractivity contribution in [2.75, 3.05) is 13.6 Å². The van der Waals surface area contributed by atoms with Crippen molar-refractivity contribution in [1.82, 2.24) is 9.80 Å². The Morgan fingerprint density at radius 3 is 2.27 bits per heavy atom. The molecule has 0 radical (unpaired) electrons. The quantitative estimate of drug-likeness (QED) is 0.668. The predicted molar refractivity (Wildman–Crippen MR) is 117 cm³/mol. The molecule has 3 rings (SSSR count). The summed E-state index contributed by atoms with van der Waals surface area (Å²) in [5.41, 5.74) is 6.25. The van der Waals surface area contributed by atoms with E-state index in [0.29, 0.717) is 17.5 Å². The maximum Gasteiger partial charge on any atom is 0.263 e. The highest BCUT2D eigenvalue weighted by Gasteiger charge is 2.40. The fourth-order valence-corrected chi connectivity index (χ4v) is 3.72. The summed E-state index contributed by atoms with van der Waals surface area (Å²) in [4.78, 5) is 41.2. The average molecular weight is 457 g/mol. The Morgan fingerprint density at radius 2 is 1.70 bits per heavy atom. The molecule has 1 heterocycles. The first-order valence-corrected chi connectivity index (χ1v) is 10.3. The summed E-state index contributed by atoms with van der Waals surface area (Å²) in [5, 5.41) is 10.6. The van der Waals surface area contributed by atoms with Gasteiger partial charge in [-0.3, -0.25) is 19.3 Å². The third-order valence-corrected chi connectivity index (χ3v) is 5.43. The van der Waals surface area contributed by atoms with Crippen molar-refractivity contribution < 1.29 is 28.3 Å². The number of rotatable bonds is 5. The first-order valence-electron chi connectivity index (χ1n) is 10.3. The lowest BCUT2D eigenvalue weighted by molar-refractivity contribution is -0.158. The lowest BCUT2D eigenvalue weighted by atomic mass is 9.98. The van der Waals surface area contributed by atoms with E-state index >= 15 is 0 Å². The molecule has 9 heteroatoms. The zero-order valence-electron chi connectivity index (χ0n) is 18.2. The summed E-state index contributed by atoms with van der Waals surface area (Å²) >= 11 is 0. The van der Waals surface area contributed by atoms with E-state index in [1.54, 1.807) is 6.08 Å². The molecule has 2 aromatic carbocycles. The number of carbonyl (C=O) groups is 3. The maximum absolute atomic E-state index is 13.6. The van der Waals surface area contributed by atoms with E-state index in [1.165, 1.54) is 24.9 Å². The van der Waals surface area contributed by atoms with Crippen LogP contribution in [0, 0.1) is 11.6 Å². The van der Waals surface area contributed by atoms with Crippen LogP contribution in [0.25, 0.3) is 0 Å². The van der Waals surface area contributed by atoms with Crippen LogP contribution in [0.1, 0.15) is 30.1 Å². The van der Waals surface area contributed by atoms with Gasteiger partial charge in [-0.2, -0.15) is 0 Å². The minimum absolute atomic E-state index is 0.199. The molecule has 3 amide bonds. The minimum Gasteiger partial charge on any atom is -0.378 e. The summed E-state index contributed by atoms with van der Waals surface area (Å²) in [5.74, 6) is -4.89. The fourth-order valence-electron chi connectivity index (χ4n) is 3.72. The van der Waals surface area contributed by atoms with Crippen LogP contribution in [0.2, 0.25) is 0 Å². The van der Waals surface area contributed by atoms with E-state index in [1.807, 2.05) is 30.3 Å². The normalized spacial score (nSPS) is 20.2. The van der Waals surface area contributed by atoms with Crippen molar-refractivity contribution in [2.24, 2.45) is 5.73 Å². The highest BCUT2D eigenvalue weighted by Crippen LogP contribution is 2.26. The molecule has 0 aliphatic carbocycles. The van der Waals surface area contributed by atoms with Gasteiger partial charge in [0.05, 0.1) is 6.04 Å². The fraction of sp³-hybridized carbons (Fsp3) is 0.292. The van der Waals surface area contributed by atoms with Crippen molar-refractivity contribution >= 4 is 17.7 Å². The van der Waals surface area contributed by atoms with Crippen LogP contribution in [0.15, 0.2) is 60.7 Å². The SMILES string of the molecule is C[C@H](N)C(=O)N(C(=O)[C@H](O)c1cc(F)cc(F)c1)[C@H]1C=C[C@@H](c2ccccc2)CN(C)C1=O. The zero-order valence-corrected chi connectivity index (χ0v) is 18.2. The van der Waals surface area contributed by atoms with E-state index in [-0.39, 0.29) is 11.5 Å². The summed E-state index contributed by atoms with van der Waals surface area (Å²) in [6.45, 7) is 1.63. The molecule has 174 valence electrons. The van der Waals surface area contributed by atoms with Crippen LogP contribution in [0.3, 0.4) is 0 Å². The van der Waals surface area contributed by atoms with Gasteiger partial charge in [0.25, 0.3) is 5.91 Å². The summed E-state index contributed by atoms with van der Waals surface area (Å²) in [6, 6.07) is 8.95. The molecule has 1 aliphatic rings. The standard InChI is InChI=1S/C24H25F2N3O4/c1-14(27)22(31)29(24(33)21(30)17-10-18(25)12-19(26)11-17)20-9-8-16(13-28(2)23(20)32)15-6-4-3-5-7-15/h3-12,14,16,20-21,30H,13,27H2,1-2H3/t14-,16+,20-,21+/m0/s1. The molecular formula is C24H25F2N3O4. The number of benzene rings is 2. The molecule has 0 fully saturated rings. The number of amides is 3. The molecule has 33 heavy (non-hydrogen) atoms. The minimum atomic E-state index is -2.09. The monoisotopic (exact) mass is 457 g/mol. The molecule has 7 nitrogen and oxygen atoms in total. The van der Waals surface area contributed by atoms with E-state index in [2.05, 4.69) is 0 Å². The van der Waals surface area contributed by atoms with E-state index in [9.17, 15) is 28.3 Å². The number of halogens is 2. The number of nitrogens with zero attached hydrogens (tertiary/aromatic N) is 2. The van der Waals surface area contributed by atoms with Gasteiger partial charge in [0.15, 0.2) is 6.10 Å². The lowest BCUT2D eigenvalue weighted by Gasteiger charge is -2.32. The van der Waals surface area contributed by atoms with Gasteiger partial charge in [0, 0.05) is 25.6 Å². The molecule has 0 aromatic heterocycles. The molecule has 0 saturated carbocycles. The van der Waals surface area contributed by atoms with Gasteiger partial charge in [-0.1, -0.05) is 42.5 Å². The van der Waals surface area contributed by atoms with Crippen LogP contribution in [0.4, 0.5) is 8.78 Å². The second-order valence-corrected chi connectivity index (χ2v) is 8.01. The highest BCUT2D eigenvalue weighted by molar-refractivity contribution is 6.04. The molecule has 2 aromatic rings. The molecule has 1 aliphatic heterocycles. The highest BCUT2D eigenvalue weighted by atomic mass is 19.1. The van der Waals surface area contributed by atoms with E-state index in [4.69, 9.17) is 5.73 Å². The first-order chi connectivity index (χ1) is 15.6. The molecule has 0 bridgehead atoms. The zero-order chi connectivity index (χ0) is 24.3. The van der Waals surface area contributed by atoms with Crippen LogP contribution < -0.4 is 5.73 Å². The van der Waals surface area contributed by atoms with Crippen molar-refractivity contribution in [3.8, 4) is 0 Å². The van der Waals surface area contributed by atoms with Crippen LogP contribution in [-0.4, -0.2) is 58.3 Å².